The van der Waals surface area contributed by atoms with Gasteiger partial charge in [0.05, 0.1) is 12.7 Å². The van der Waals surface area contributed by atoms with Gasteiger partial charge in [-0.25, -0.2) is 4.39 Å². The number of carbonyl (C=O) groups is 1. The number of benzene rings is 2. The fourth-order valence-electron chi connectivity index (χ4n) is 2.95. The van der Waals surface area contributed by atoms with E-state index in [9.17, 15) is 9.18 Å². The molecule has 1 N–H and O–H groups in total. The summed E-state index contributed by atoms with van der Waals surface area (Å²) in [6, 6.07) is 9.98. The third kappa shape index (κ3) is 3.32. The second-order valence-electron chi connectivity index (χ2n) is 6.36. The van der Waals surface area contributed by atoms with E-state index >= 15 is 0 Å². The average Bonchev–Trinajstić information content (AvgIpc) is 2.88. The molecule has 2 aromatic carbocycles. The van der Waals surface area contributed by atoms with Crippen LogP contribution < -0.4 is 5.32 Å². The topological polar surface area (TPSA) is 42.2 Å². The standard InChI is InChI=1S/C20H20FNO2/c1-12(2)17-10-18-14(11-24-19(18)7-13(17)3)8-20(23)22-16-6-4-5-15(21)9-16/h4-7,9-12H,8H2,1-3H3,(H,22,23). The Morgan fingerprint density at radius 3 is 2.75 bits per heavy atom. The Morgan fingerprint density at radius 1 is 1.25 bits per heavy atom. The molecule has 0 aliphatic heterocycles. The third-order valence-electron chi connectivity index (χ3n) is 4.12. The van der Waals surface area contributed by atoms with Gasteiger partial charge in [0, 0.05) is 16.6 Å². The van der Waals surface area contributed by atoms with Crippen molar-refractivity contribution in [2.24, 2.45) is 0 Å². The molecule has 124 valence electrons. The number of halogens is 1. The van der Waals surface area contributed by atoms with Crippen LogP contribution in [0.4, 0.5) is 10.1 Å². The van der Waals surface area contributed by atoms with Crippen molar-refractivity contribution in [3.63, 3.8) is 0 Å². The lowest BCUT2D eigenvalue weighted by Gasteiger charge is -2.10. The molecule has 0 aliphatic carbocycles. The zero-order valence-electron chi connectivity index (χ0n) is 14.0. The highest BCUT2D eigenvalue weighted by atomic mass is 19.1. The van der Waals surface area contributed by atoms with Gasteiger partial charge in [-0.1, -0.05) is 19.9 Å². The fourth-order valence-corrected chi connectivity index (χ4v) is 2.95. The van der Waals surface area contributed by atoms with Crippen LogP contribution in [-0.4, -0.2) is 5.91 Å². The van der Waals surface area contributed by atoms with Crippen molar-refractivity contribution in [1.29, 1.82) is 0 Å². The molecule has 1 amide bonds. The quantitative estimate of drug-likeness (QED) is 0.717. The molecule has 1 aromatic heterocycles. The van der Waals surface area contributed by atoms with E-state index in [0.29, 0.717) is 11.6 Å². The third-order valence-corrected chi connectivity index (χ3v) is 4.12. The number of carbonyl (C=O) groups excluding carboxylic acids is 1. The van der Waals surface area contributed by atoms with Crippen molar-refractivity contribution in [3.05, 3.63) is 65.2 Å². The van der Waals surface area contributed by atoms with Gasteiger partial charge in [-0.05, 0) is 54.3 Å². The van der Waals surface area contributed by atoms with Crippen LogP contribution in [0.3, 0.4) is 0 Å². The van der Waals surface area contributed by atoms with E-state index in [2.05, 4.69) is 32.2 Å². The predicted octanol–water partition coefficient (Wildman–Crippen LogP) is 5.18. The summed E-state index contributed by atoms with van der Waals surface area (Å²) >= 11 is 0. The van der Waals surface area contributed by atoms with Gasteiger partial charge in [-0.2, -0.15) is 0 Å². The Labute approximate surface area is 140 Å². The van der Waals surface area contributed by atoms with E-state index in [1.807, 2.05) is 6.07 Å². The lowest BCUT2D eigenvalue weighted by atomic mass is 9.95. The van der Waals surface area contributed by atoms with Crippen molar-refractivity contribution >= 4 is 22.6 Å². The molecule has 4 heteroatoms. The summed E-state index contributed by atoms with van der Waals surface area (Å²) in [6.45, 7) is 6.35. The molecule has 3 aromatic rings. The van der Waals surface area contributed by atoms with Crippen LogP contribution in [0.25, 0.3) is 11.0 Å². The Kier molecular flexibility index (Phi) is 4.38. The van der Waals surface area contributed by atoms with Crippen LogP contribution in [-0.2, 0) is 11.2 Å². The van der Waals surface area contributed by atoms with Crippen LogP contribution >= 0.6 is 0 Å². The molecular formula is C20H20FNO2. The lowest BCUT2D eigenvalue weighted by molar-refractivity contribution is -0.115. The van der Waals surface area contributed by atoms with Gasteiger partial charge >= 0.3 is 0 Å². The Balaban J connectivity index is 1.84. The van der Waals surface area contributed by atoms with Gasteiger partial charge in [-0.15, -0.1) is 0 Å². The average molecular weight is 325 g/mol. The molecule has 0 saturated carbocycles. The highest BCUT2D eigenvalue weighted by Gasteiger charge is 2.14. The van der Waals surface area contributed by atoms with Gasteiger partial charge < -0.3 is 9.73 Å². The minimum Gasteiger partial charge on any atom is -0.464 e. The number of hydrogen-bond donors (Lipinski definition) is 1. The van der Waals surface area contributed by atoms with E-state index in [4.69, 9.17) is 4.42 Å². The van der Waals surface area contributed by atoms with Crippen molar-refractivity contribution in [2.45, 2.75) is 33.1 Å². The number of aryl methyl sites for hydroxylation is 1. The van der Waals surface area contributed by atoms with Crippen molar-refractivity contribution < 1.29 is 13.6 Å². The molecule has 0 radical (unpaired) electrons. The number of fused-ring (bicyclic) bond motifs is 1. The molecule has 0 bridgehead atoms. The van der Waals surface area contributed by atoms with E-state index in [0.717, 1.165) is 16.5 Å². The zero-order valence-corrected chi connectivity index (χ0v) is 14.0. The van der Waals surface area contributed by atoms with Gasteiger partial charge in [0.2, 0.25) is 5.91 Å². The summed E-state index contributed by atoms with van der Waals surface area (Å²) in [5.74, 6) is -0.174. The Bertz CT molecular complexity index is 896. The molecule has 1 heterocycles. The van der Waals surface area contributed by atoms with E-state index in [1.54, 1.807) is 18.4 Å². The van der Waals surface area contributed by atoms with Gasteiger partial charge in [0.1, 0.15) is 11.4 Å². The van der Waals surface area contributed by atoms with E-state index in [1.165, 1.54) is 23.3 Å². The molecule has 0 atom stereocenters. The molecule has 0 unspecified atom stereocenters. The monoisotopic (exact) mass is 325 g/mol. The van der Waals surface area contributed by atoms with Crippen LogP contribution in [0.1, 0.15) is 36.5 Å². The number of nitrogens with one attached hydrogen (secondary N) is 1. The maximum Gasteiger partial charge on any atom is 0.228 e. The molecule has 0 fully saturated rings. The van der Waals surface area contributed by atoms with E-state index < -0.39 is 0 Å². The lowest BCUT2D eigenvalue weighted by Crippen LogP contribution is -2.14. The summed E-state index contributed by atoms with van der Waals surface area (Å²) in [5, 5.41) is 3.67. The first kappa shape index (κ1) is 16.2. The molecule has 0 aliphatic rings. The van der Waals surface area contributed by atoms with Crippen LogP contribution in [0.2, 0.25) is 0 Å². The smallest absolute Gasteiger partial charge is 0.228 e. The van der Waals surface area contributed by atoms with Crippen LogP contribution in [0, 0.1) is 12.7 Å². The van der Waals surface area contributed by atoms with Gasteiger partial charge in [0.25, 0.3) is 0 Å². The van der Waals surface area contributed by atoms with Crippen molar-refractivity contribution in [1.82, 2.24) is 0 Å². The second-order valence-corrected chi connectivity index (χ2v) is 6.36. The SMILES string of the molecule is Cc1cc2occ(CC(=O)Nc3cccc(F)c3)c2cc1C(C)C. The predicted molar refractivity (Wildman–Crippen MR) is 93.8 cm³/mol. The summed E-state index contributed by atoms with van der Waals surface area (Å²) in [6.07, 6.45) is 1.81. The van der Waals surface area contributed by atoms with Crippen molar-refractivity contribution in [3.8, 4) is 0 Å². The Hall–Kier alpha value is -2.62. The number of amides is 1. The summed E-state index contributed by atoms with van der Waals surface area (Å²) in [4.78, 5) is 12.2. The summed E-state index contributed by atoms with van der Waals surface area (Å²) < 4.78 is 18.8. The molecule has 0 spiro atoms. The molecule has 0 saturated heterocycles. The van der Waals surface area contributed by atoms with Gasteiger partial charge in [-0.3, -0.25) is 4.79 Å². The number of rotatable bonds is 4. The Morgan fingerprint density at radius 2 is 2.04 bits per heavy atom. The number of hydrogen-bond acceptors (Lipinski definition) is 2. The minimum atomic E-state index is -0.376. The maximum absolute atomic E-state index is 13.2. The molecule has 3 nitrogen and oxygen atoms in total. The highest BCUT2D eigenvalue weighted by Crippen LogP contribution is 2.29. The molecule has 3 rings (SSSR count). The van der Waals surface area contributed by atoms with Crippen LogP contribution in [0.15, 0.2) is 47.1 Å². The fraction of sp³-hybridized carbons (Fsp3) is 0.250. The van der Waals surface area contributed by atoms with E-state index in [-0.39, 0.29) is 18.1 Å². The number of furan rings is 1. The zero-order chi connectivity index (χ0) is 17.3. The highest BCUT2D eigenvalue weighted by molar-refractivity contribution is 5.95. The van der Waals surface area contributed by atoms with Crippen molar-refractivity contribution in [2.75, 3.05) is 5.32 Å². The van der Waals surface area contributed by atoms with Gasteiger partial charge in [0.15, 0.2) is 0 Å². The number of anilines is 1. The first-order valence-corrected chi connectivity index (χ1v) is 8.00. The first-order chi connectivity index (χ1) is 11.4. The van der Waals surface area contributed by atoms with Crippen LogP contribution in [0.5, 0.6) is 0 Å². The molecular weight excluding hydrogens is 305 g/mol. The first-order valence-electron chi connectivity index (χ1n) is 8.00. The molecule has 24 heavy (non-hydrogen) atoms. The second kappa shape index (κ2) is 6.48. The largest absolute Gasteiger partial charge is 0.464 e. The summed E-state index contributed by atoms with van der Waals surface area (Å²) in [7, 11) is 0. The summed E-state index contributed by atoms with van der Waals surface area (Å²) in [5.41, 5.74) is 4.50. The normalized spacial score (nSPS) is 11.2. The minimum absolute atomic E-state index is 0.185. The maximum atomic E-state index is 13.2.